The van der Waals surface area contributed by atoms with Crippen molar-refractivity contribution < 1.29 is 13.9 Å². The zero-order valence-electron chi connectivity index (χ0n) is 18.9. The molecule has 0 saturated carbocycles. The number of thiazole rings is 1. The molecule has 3 aromatic rings. The number of aromatic nitrogens is 1. The van der Waals surface area contributed by atoms with Crippen LogP contribution in [-0.2, 0) is 9.53 Å². The first-order valence-electron chi connectivity index (χ1n) is 11.2. The van der Waals surface area contributed by atoms with E-state index in [1.807, 2.05) is 23.6 Å². The van der Waals surface area contributed by atoms with Gasteiger partial charge < -0.3 is 14.1 Å². The van der Waals surface area contributed by atoms with E-state index >= 15 is 0 Å². The molecule has 0 radical (unpaired) electrons. The number of halogens is 1. The molecule has 7 nitrogen and oxygen atoms in total. The Morgan fingerprint density at radius 1 is 1.35 bits per heavy atom. The number of esters is 1. The van der Waals surface area contributed by atoms with Crippen LogP contribution in [0.2, 0.25) is 0 Å². The van der Waals surface area contributed by atoms with Crippen LogP contribution in [0.3, 0.4) is 0 Å². The van der Waals surface area contributed by atoms with Crippen LogP contribution in [-0.4, -0.2) is 30.2 Å². The lowest BCUT2D eigenvalue weighted by Crippen LogP contribution is -2.39. The Morgan fingerprint density at radius 3 is 2.85 bits per heavy atom. The monoisotopic (exact) mass is 561 g/mol. The predicted molar refractivity (Wildman–Crippen MR) is 137 cm³/mol. The summed E-state index contributed by atoms with van der Waals surface area (Å²) < 4.78 is 14.4. The van der Waals surface area contributed by atoms with Crippen molar-refractivity contribution in [2.75, 3.05) is 24.6 Å². The fourth-order valence-electron chi connectivity index (χ4n) is 4.40. The van der Waals surface area contributed by atoms with Gasteiger partial charge in [-0.15, -0.1) is 11.3 Å². The summed E-state index contributed by atoms with van der Waals surface area (Å²) in [5.74, 6) is 0.958. The summed E-state index contributed by atoms with van der Waals surface area (Å²) in [7, 11) is 0. The van der Waals surface area contributed by atoms with Gasteiger partial charge in [-0.3, -0.25) is 9.36 Å². The molecule has 0 unspecified atom stereocenters. The first-order valence-corrected chi connectivity index (χ1v) is 13.7. The number of ether oxygens (including phenoxy) is 1. The van der Waals surface area contributed by atoms with Gasteiger partial charge in [0.15, 0.2) is 4.80 Å². The van der Waals surface area contributed by atoms with Gasteiger partial charge in [-0.1, -0.05) is 17.4 Å². The third-order valence-electron chi connectivity index (χ3n) is 5.93. The number of hydrogen-bond acceptors (Lipinski definition) is 8. The molecular formula is C24H24BrN3O4S2. The summed E-state index contributed by atoms with van der Waals surface area (Å²) in [6.45, 7) is 5.74. The molecule has 0 bridgehead atoms. The van der Waals surface area contributed by atoms with Crippen LogP contribution < -0.4 is 19.8 Å². The normalized spacial score (nSPS) is 18.7. The third kappa shape index (κ3) is 4.23. The van der Waals surface area contributed by atoms with Crippen molar-refractivity contribution in [3.8, 4) is 0 Å². The number of furan rings is 1. The van der Waals surface area contributed by atoms with Crippen molar-refractivity contribution in [3.63, 3.8) is 0 Å². The molecule has 178 valence electrons. The highest BCUT2D eigenvalue weighted by atomic mass is 79.9. The zero-order valence-corrected chi connectivity index (χ0v) is 22.1. The highest BCUT2D eigenvalue weighted by molar-refractivity contribution is 9.10. The predicted octanol–water partition coefficient (Wildman–Crippen LogP) is 4.21. The standard InChI is InChI=1S/C24H24BrN3O4S2/c1-3-31-23(30)19-14(2)26-24-28(20(19)17-8-7-11-33-17)21(29)18(34-24)13-15-12-16(25)22(32-15)27-9-5-4-6-10-27/h7-8,11-13,20H,3-6,9-10H2,1-2H3/b18-13+/t20-/m0/s1. The van der Waals surface area contributed by atoms with E-state index in [1.54, 1.807) is 24.5 Å². The number of thiophene rings is 1. The van der Waals surface area contributed by atoms with Gasteiger partial charge in [-0.2, -0.15) is 0 Å². The van der Waals surface area contributed by atoms with Crippen LogP contribution in [0.4, 0.5) is 5.88 Å². The first-order chi connectivity index (χ1) is 16.5. The lowest BCUT2D eigenvalue weighted by atomic mass is 10.0. The molecule has 0 spiro atoms. The van der Waals surface area contributed by atoms with Gasteiger partial charge in [-0.25, -0.2) is 9.79 Å². The molecular weight excluding hydrogens is 538 g/mol. The SMILES string of the molecule is CCOC(=O)C1=C(C)N=c2s/c(=C/c3cc(Br)c(N4CCCCC4)o3)c(=O)n2[C@H]1c1cccs1. The van der Waals surface area contributed by atoms with Crippen molar-refractivity contribution in [1.82, 2.24) is 4.57 Å². The van der Waals surface area contributed by atoms with Crippen molar-refractivity contribution in [1.29, 1.82) is 0 Å². The van der Waals surface area contributed by atoms with Crippen LogP contribution in [0.15, 0.2) is 53.5 Å². The Labute approximate surface area is 212 Å². The number of rotatable bonds is 5. The topological polar surface area (TPSA) is 77.0 Å². The molecule has 3 aromatic heterocycles. The summed E-state index contributed by atoms with van der Waals surface area (Å²) in [5, 5.41) is 1.94. The highest BCUT2D eigenvalue weighted by Crippen LogP contribution is 2.34. The molecule has 2 aliphatic rings. The van der Waals surface area contributed by atoms with Crippen LogP contribution in [0.5, 0.6) is 0 Å². The van der Waals surface area contributed by atoms with E-state index in [4.69, 9.17) is 9.15 Å². The molecule has 0 aliphatic carbocycles. The molecule has 5 heterocycles. The zero-order chi connectivity index (χ0) is 23.8. The number of hydrogen-bond donors (Lipinski definition) is 0. The molecule has 2 aliphatic heterocycles. The van der Waals surface area contributed by atoms with Gasteiger partial charge in [-0.05, 0) is 60.5 Å². The molecule has 0 aromatic carbocycles. The maximum Gasteiger partial charge on any atom is 0.338 e. The molecule has 1 saturated heterocycles. The third-order valence-corrected chi connectivity index (χ3v) is 8.41. The Kier molecular flexibility index (Phi) is 6.63. The quantitative estimate of drug-likeness (QED) is 0.436. The minimum absolute atomic E-state index is 0.205. The Morgan fingerprint density at radius 2 is 2.15 bits per heavy atom. The van der Waals surface area contributed by atoms with E-state index in [1.165, 1.54) is 29.1 Å². The number of carbonyl (C=O) groups excluding carboxylic acids is 1. The van der Waals surface area contributed by atoms with Crippen LogP contribution in [0, 0.1) is 0 Å². The summed E-state index contributed by atoms with van der Waals surface area (Å²) >= 11 is 6.41. The number of piperidine rings is 1. The summed E-state index contributed by atoms with van der Waals surface area (Å²) in [6, 6.07) is 5.17. The van der Waals surface area contributed by atoms with Crippen molar-refractivity contribution >= 4 is 56.5 Å². The van der Waals surface area contributed by atoms with E-state index in [0.717, 1.165) is 41.2 Å². The lowest BCUT2D eigenvalue weighted by Gasteiger charge is -2.26. The van der Waals surface area contributed by atoms with E-state index in [9.17, 15) is 9.59 Å². The second kappa shape index (κ2) is 9.67. The largest absolute Gasteiger partial charge is 0.463 e. The number of anilines is 1. The molecule has 1 fully saturated rings. The van der Waals surface area contributed by atoms with Gasteiger partial charge in [0.1, 0.15) is 11.8 Å². The fourth-order valence-corrected chi connectivity index (χ4v) is 6.80. The van der Waals surface area contributed by atoms with Gasteiger partial charge in [0.25, 0.3) is 5.56 Å². The molecule has 0 amide bonds. The van der Waals surface area contributed by atoms with Crippen molar-refractivity contribution in [3.05, 3.63) is 69.6 Å². The van der Waals surface area contributed by atoms with Crippen LogP contribution >= 0.6 is 38.6 Å². The molecule has 34 heavy (non-hydrogen) atoms. The average molecular weight is 563 g/mol. The minimum Gasteiger partial charge on any atom is -0.463 e. The minimum atomic E-state index is -0.565. The Balaban J connectivity index is 1.61. The maximum absolute atomic E-state index is 13.6. The van der Waals surface area contributed by atoms with Crippen LogP contribution in [0.1, 0.15) is 49.8 Å². The highest BCUT2D eigenvalue weighted by Gasteiger charge is 2.34. The molecule has 5 rings (SSSR count). The van der Waals surface area contributed by atoms with E-state index < -0.39 is 12.0 Å². The number of nitrogens with zero attached hydrogens (tertiary/aromatic N) is 3. The van der Waals surface area contributed by atoms with E-state index in [2.05, 4.69) is 25.8 Å². The summed E-state index contributed by atoms with van der Waals surface area (Å²) in [5.41, 5.74) is 0.762. The maximum atomic E-state index is 13.6. The first kappa shape index (κ1) is 23.3. The van der Waals surface area contributed by atoms with Gasteiger partial charge >= 0.3 is 5.97 Å². The van der Waals surface area contributed by atoms with Crippen molar-refractivity contribution in [2.45, 2.75) is 39.2 Å². The molecule has 0 N–H and O–H groups in total. The van der Waals surface area contributed by atoms with Gasteiger partial charge in [0, 0.05) is 30.1 Å². The second-order valence-electron chi connectivity index (χ2n) is 8.17. The summed E-state index contributed by atoms with van der Waals surface area (Å²) in [4.78, 5) is 34.7. The van der Waals surface area contributed by atoms with E-state index in [-0.39, 0.29) is 12.2 Å². The Hall–Kier alpha value is -2.43. The molecule has 1 atom stereocenters. The number of fused-ring (bicyclic) bond motifs is 1. The Bertz CT molecular complexity index is 1430. The summed E-state index contributed by atoms with van der Waals surface area (Å²) in [6.07, 6.45) is 5.29. The van der Waals surface area contributed by atoms with Crippen LogP contribution in [0.25, 0.3) is 6.08 Å². The van der Waals surface area contributed by atoms with Gasteiger partial charge in [0.2, 0.25) is 5.88 Å². The van der Waals surface area contributed by atoms with E-state index in [0.29, 0.717) is 26.4 Å². The second-order valence-corrected chi connectivity index (χ2v) is 11.0. The molecule has 10 heteroatoms. The lowest BCUT2D eigenvalue weighted by molar-refractivity contribution is -0.139. The average Bonchev–Trinajstić information content (AvgIpc) is 3.54. The number of carbonyl (C=O) groups is 1. The van der Waals surface area contributed by atoms with Gasteiger partial charge in [0.05, 0.1) is 26.9 Å². The smallest absolute Gasteiger partial charge is 0.338 e. The van der Waals surface area contributed by atoms with Crippen molar-refractivity contribution in [2.24, 2.45) is 4.99 Å². The number of allylic oxidation sites excluding steroid dienone is 1. The fraction of sp³-hybridized carbons (Fsp3) is 0.375.